The second-order valence-electron chi connectivity index (χ2n) is 5.55. The molecule has 2 rings (SSSR count). The largest absolute Gasteiger partial charge is 0.469 e. The monoisotopic (exact) mass is 385 g/mol. The number of benzene rings is 1. The van der Waals surface area contributed by atoms with Crippen molar-refractivity contribution in [2.24, 2.45) is 5.14 Å². The molecule has 25 heavy (non-hydrogen) atoms. The Hall–Kier alpha value is -1.83. The molecule has 0 aliphatic carbocycles. The van der Waals surface area contributed by atoms with E-state index in [1.54, 1.807) is 12.3 Å². The minimum atomic E-state index is -4.05. The molecule has 6 nitrogen and oxygen atoms in total. The Morgan fingerprint density at radius 1 is 1.32 bits per heavy atom. The molecule has 8 heteroatoms. The first-order chi connectivity index (χ1) is 11.8. The third-order valence-electron chi connectivity index (χ3n) is 3.64. The molecule has 0 aliphatic rings. The Bertz CT molecular complexity index is 831. The maximum absolute atomic E-state index is 12.4. The number of carbonyl (C=O) groups is 1. The Morgan fingerprint density at radius 2 is 2.08 bits per heavy atom. The van der Waals surface area contributed by atoms with Crippen molar-refractivity contribution in [1.29, 1.82) is 0 Å². The normalized spacial score (nSPS) is 11.5. The lowest BCUT2D eigenvalue weighted by molar-refractivity contribution is 0.0498. The van der Waals surface area contributed by atoms with Crippen molar-refractivity contribution in [2.45, 2.75) is 37.5 Å². The van der Waals surface area contributed by atoms with Gasteiger partial charge in [-0.1, -0.05) is 24.9 Å². The van der Waals surface area contributed by atoms with Gasteiger partial charge in [-0.05, 0) is 42.7 Å². The van der Waals surface area contributed by atoms with Crippen molar-refractivity contribution in [3.8, 4) is 0 Å². The highest BCUT2D eigenvalue weighted by molar-refractivity contribution is 7.89. The highest BCUT2D eigenvalue weighted by Crippen LogP contribution is 2.26. The first-order valence-corrected chi connectivity index (χ1v) is 9.80. The van der Waals surface area contributed by atoms with Crippen LogP contribution < -0.4 is 5.14 Å². The van der Waals surface area contributed by atoms with Gasteiger partial charge in [-0.15, -0.1) is 0 Å². The third kappa shape index (κ3) is 5.32. The van der Waals surface area contributed by atoms with Gasteiger partial charge in [0.1, 0.15) is 10.7 Å². The molecule has 0 fully saturated rings. The Balaban J connectivity index is 2.34. The lowest BCUT2D eigenvalue weighted by atomic mass is 10.0. The number of aryl methyl sites for hydroxylation is 2. The number of hydrogen-bond donors (Lipinski definition) is 1. The summed E-state index contributed by atoms with van der Waals surface area (Å²) in [6.07, 6.45) is 4.14. The smallest absolute Gasteiger partial charge is 0.338 e. The van der Waals surface area contributed by atoms with Crippen LogP contribution in [-0.4, -0.2) is 21.0 Å². The number of primary sulfonamides is 1. The molecule has 1 aromatic heterocycles. The maximum atomic E-state index is 12.4. The fourth-order valence-electron chi connectivity index (χ4n) is 2.31. The van der Waals surface area contributed by atoms with Crippen molar-refractivity contribution >= 4 is 27.6 Å². The second kappa shape index (κ2) is 8.51. The van der Waals surface area contributed by atoms with Crippen LogP contribution in [0.5, 0.6) is 0 Å². The molecule has 0 bridgehead atoms. The van der Waals surface area contributed by atoms with Gasteiger partial charge in [-0.25, -0.2) is 18.4 Å². The van der Waals surface area contributed by atoms with Crippen LogP contribution in [0.3, 0.4) is 0 Å². The van der Waals surface area contributed by atoms with Gasteiger partial charge in [0.25, 0.3) is 0 Å². The molecule has 136 valence electrons. The van der Waals surface area contributed by atoms with E-state index in [0.29, 0.717) is 18.4 Å². The summed E-state index contributed by atoms with van der Waals surface area (Å²) in [4.78, 5) is 12.1. The Kier molecular flexibility index (Phi) is 6.64. The quantitative estimate of drug-likeness (QED) is 0.555. The zero-order valence-electron chi connectivity index (χ0n) is 13.8. The van der Waals surface area contributed by atoms with E-state index in [1.165, 1.54) is 12.1 Å². The number of ether oxygens (including phenoxy) is 1. The lowest BCUT2D eigenvalue weighted by Gasteiger charge is -2.12. The van der Waals surface area contributed by atoms with E-state index in [1.807, 2.05) is 13.0 Å². The number of halogens is 1. The van der Waals surface area contributed by atoms with E-state index in [0.717, 1.165) is 18.6 Å². The molecular weight excluding hydrogens is 366 g/mol. The maximum Gasteiger partial charge on any atom is 0.338 e. The van der Waals surface area contributed by atoms with E-state index in [2.05, 4.69) is 0 Å². The summed E-state index contributed by atoms with van der Waals surface area (Å²) < 4.78 is 33.8. The van der Waals surface area contributed by atoms with Gasteiger partial charge >= 0.3 is 5.97 Å². The van der Waals surface area contributed by atoms with Crippen molar-refractivity contribution in [2.75, 3.05) is 6.61 Å². The van der Waals surface area contributed by atoms with Gasteiger partial charge in [-0.3, -0.25) is 0 Å². The number of sulfonamides is 1. The summed E-state index contributed by atoms with van der Waals surface area (Å²) in [7, 11) is -4.05. The standard InChI is InChI=1S/C17H20ClNO5S/c1-2-3-8-24-17(20)14-11-16(25(19,21)22)15(18)10-12(14)6-7-13-5-4-9-23-13/h4-5,9-11H,2-3,6-8H2,1H3,(H2,19,21,22). The van der Waals surface area contributed by atoms with E-state index in [4.69, 9.17) is 25.9 Å². The molecule has 0 radical (unpaired) electrons. The van der Waals surface area contributed by atoms with Gasteiger partial charge < -0.3 is 9.15 Å². The summed E-state index contributed by atoms with van der Waals surface area (Å²) in [5.74, 6) is 0.154. The zero-order chi connectivity index (χ0) is 18.4. The molecule has 0 aliphatic heterocycles. The molecule has 0 spiro atoms. The van der Waals surface area contributed by atoms with Crippen LogP contribution in [0.15, 0.2) is 39.8 Å². The molecule has 2 aromatic rings. The first-order valence-electron chi connectivity index (χ1n) is 7.87. The molecule has 0 saturated carbocycles. The minimum Gasteiger partial charge on any atom is -0.469 e. The summed E-state index contributed by atoms with van der Waals surface area (Å²) in [6.45, 7) is 2.24. The van der Waals surface area contributed by atoms with Crippen molar-refractivity contribution in [3.05, 3.63) is 52.4 Å². The second-order valence-corrected chi connectivity index (χ2v) is 7.49. The number of hydrogen-bond acceptors (Lipinski definition) is 5. The first kappa shape index (κ1) is 19.5. The fourth-order valence-corrected chi connectivity index (χ4v) is 3.43. The average molecular weight is 386 g/mol. The lowest BCUT2D eigenvalue weighted by Crippen LogP contribution is -2.16. The minimum absolute atomic E-state index is 0.0259. The van der Waals surface area contributed by atoms with Gasteiger partial charge in [0, 0.05) is 6.42 Å². The molecule has 1 aromatic carbocycles. The third-order valence-corrected chi connectivity index (χ3v) is 5.01. The zero-order valence-corrected chi connectivity index (χ0v) is 15.4. The van der Waals surface area contributed by atoms with Crippen molar-refractivity contribution < 1.29 is 22.4 Å². The number of furan rings is 1. The SMILES string of the molecule is CCCCOC(=O)c1cc(S(N)(=O)=O)c(Cl)cc1CCc1ccco1. The highest BCUT2D eigenvalue weighted by Gasteiger charge is 2.21. The number of nitrogens with two attached hydrogens (primary N) is 1. The van der Waals surface area contributed by atoms with Crippen molar-refractivity contribution in [1.82, 2.24) is 0 Å². The van der Waals surface area contributed by atoms with E-state index in [9.17, 15) is 13.2 Å². The van der Waals surface area contributed by atoms with Gasteiger partial charge in [0.05, 0.1) is 23.5 Å². The van der Waals surface area contributed by atoms with Crippen LogP contribution in [0.4, 0.5) is 0 Å². The topological polar surface area (TPSA) is 99.6 Å². The molecule has 1 heterocycles. The molecule has 0 saturated heterocycles. The predicted molar refractivity (Wildman–Crippen MR) is 94.1 cm³/mol. The number of rotatable bonds is 8. The highest BCUT2D eigenvalue weighted by atomic mass is 35.5. The number of unbranched alkanes of at least 4 members (excludes halogenated alkanes) is 1. The molecule has 0 amide bonds. The van der Waals surface area contributed by atoms with Gasteiger partial charge in [-0.2, -0.15) is 0 Å². The molecular formula is C17H20ClNO5S. The van der Waals surface area contributed by atoms with Crippen LogP contribution in [0.2, 0.25) is 5.02 Å². The molecule has 0 atom stereocenters. The van der Waals surface area contributed by atoms with E-state index in [-0.39, 0.29) is 22.1 Å². The van der Waals surface area contributed by atoms with Crippen LogP contribution in [0, 0.1) is 0 Å². The summed E-state index contributed by atoms with van der Waals surface area (Å²) >= 11 is 6.04. The van der Waals surface area contributed by atoms with Crippen molar-refractivity contribution in [3.63, 3.8) is 0 Å². The summed E-state index contributed by atoms with van der Waals surface area (Å²) in [5.41, 5.74) is 0.728. The summed E-state index contributed by atoms with van der Waals surface area (Å²) in [5, 5.41) is 5.14. The van der Waals surface area contributed by atoms with E-state index >= 15 is 0 Å². The van der Waals surface area contributed by atoms with Crippen LogP contribution >= 0.6 is 11.6 Å². The predicted octanol–water partition coefficient (Wildman–Crippen LogP) is 3.32. The number of esters is 1. The van der Waals surface area contributed by atoms with Gasteiger partial charge in [0.2, 0.25) is 10.0 Å². The Labute approximate surface area is 152 Å². The van der Waals surface area contributed by atoms with Crippen LogP contribution in [0.25, 0.3) is 0 Å². The fraction of sp³-hybridized carbons (Fsp3) is 0.353. The van der Waals surface area contributed by atoms with Crippen LogP contribution in [0.1, 0.15) is 41.4 Å². The van der Waals surface area contributed by atoms with Crippen LogP contribution in [-0.2, 0) is 27.6 Å². The summed E-state index contributed by atoms with van der Waals surface area (Å²) in [6, 6.07) is 6.22. The average Bonchev–Trinajstić information content (AvgIpc) is 3.05. The van der Waals surface area contributed by atoms with E-state index < -0.39 is 16.0 Å². The van der Waals surface area contributed by atoms with Gasteiger partial charge in [0.15, 0.2) is 0 Å². The molecule has 2 N–H and O–H groups in total. The Morgan fingerprint density at radius 3 is 2.68 bits per heavy atom. The molecule has 0 unspecified atom stereocenters. The number of carbonyl (C=O) groups excluding carboxylic acids is 1.